The summed E-state index contributed by atoms with van der Waals surface area (Å²) >= 11 is 1.34. The molecule has 0 aliphatic carbocycles. The zero-order chi connectivity index (χ0) is 27.7. The molecule has 0 spiro atoms. The number of aliphatic hydroxyl groups is 1. The summed E-state index contributed by atoms with van der Waals surface area (Å²) in [6.07, 6.45) is 1.65. The molecule has 1 aliphatic heterocycles. The molecule has 1 amide bonds. The van der Waals surface area contributed by atoms with Crippen molar-refractivity contribution in [2.75, 3.05) is 18.1 Å². The molecular weight excluding hydrogens is 512 g/mol. The number of aliphatic hydroxyl groups excluding tert-OH is 1. The number of benzene rings is 3. The molecule has 8 heteroatoms. The van der Waals surface area contributed by atoms with Crippen molar-refractivity contribution >= 4 is 44.1 Å². The first-order valence-electron chi connectivity index (χ1n) is 12.6. The Morgan fingerprint density at radius 3 is 2.38 bits per heavy atom. The van der Waals surface area contributed by atoms with Gasteiger partial charge in [0.25, 0.3) is 5.78 Å². The van der Waals surface area contributed by atoms with Crippen LogP contribution in [-0.2, 0) is 9.59 Å². The summed E-state index contributed by atoms with van der Waals surface area (Å²) in [7, 11) is 0. The second kappa shape index (κ2) is 10.7. The molecule has 4 aromatic rings. The number of aryl methyl sites for hydroxylation is 2. The number of aromatic nitrogens is 1. The van der Waals surface area contributed by atoms with Gasteiger partial charge in [-0.1, -0.05) is 42.2 Å². The van der Waals surface area contributed by atoms with Gasteiger partial charge < -0.3 is 14.6 Å². The van der Waals surface area contributed by atoms with Gasteiger partial charge in [-0.25, -0.2) is 4.98 Å². The van der Waals surface area contributed by atoms with Crippen molar-refractivity contribution in [2.24, 2.45) is 0 Å². The molecule has 2 heterocycles. The van der Waals surface area contributed by atoms with E-state index in [-0.39, 0.29) is 11.3 Å². The first kappa shape index (κ1) is 26.2. The van der Waals surface area contributed by atoms with E-state index in [2.05, 4.69) is 6.58 Å². The first-order valence-corrected chi connectivity index (χ1v) is 13.4. The number of carbonyl (C=O) groups excluding carboxylic acids is 2. The topological polar surface area (TPSA) is 89.0 Å². The minimum Gasteiger partial charge on any atom is -0.507 e. The van der Waals surface area contributed by atoms with E-state index in [0.717, 1.165) is 21.3 Å². The molecule has 0 saturated carbocycles. The molecule has 1 saturated heterocycles. The van der Waals surface area contributed by atoms with Crippen molar-refractivity contribution < 1.29 is 24.2 Å². The Morgan fingerprint density at radius 2 is 1.72 bits per heavy atom. The quantitative estimate of drug-likeness (QED) is 0.119. The second-order valence-corrected chi connectivity index (χ2v) is 10.2. The number of hydrogen-bond donors (Lipinski definition) is 1. The number of rotatable bonds is 8. The van der Waals surface area contributed by atoms with Gasteiger partial charge in [-0.05, 0) is 79.9 Å². The maximum atomic E-state index is 13.6. The van der Waals surface area contributed by atoms with Crippen LogP contribution in [0.1, 0.15) is 35.2 Å². The molecule has 1 fully saturated rings. The molecule has 3 aromatic carbocycles. The highest BCUT2D eigenvalue weighted by Crippen LogP contribution is 2.45. The smallest absolute Gasteiger partial charge is 0.301 e. The van der Waals surface area contributed by atoms with E-state index in [9.17, 15) is 14.7 Å². The van der Waals surface area contributed by atoms with Crippen molar-refractivity contribution in [3.05, 3.63) is 101 Å². The lowest BCUT2D eigenvalue weighted by molar-refractivity contribution is -0.132. The number of amides is 1. The zero-order valence-electron chi connectivity index (χ0n) is 21.9. The molecule has 0 radical (unpaired) electrons. The van der Waals surface area contributed by atoms with Crippen LogP contribution in [0.2, 0.25) is 0 Å². The van der Waals surface area contributed by atoms with Crippen LogP contribution in [-0.4, -0.2) is 35.0 Å². The predicted octanol–water partition coefficient (Wildman–Crippen LogP) is 6.50. The SMILES string of the molecule is C=CCOc1ccc(C2C(=C(O)c3ccc(OCC)cc3)C(=O)C(=O)N2c2nc3c(C)cc(C)cc3s2)cc1. The highest BCUT2D eigenvalue weighted by atomic mass is 32.1. The van der Waals surface area contributed by atoms with Gasteiger partial charge in [0.1, 0.15) is 23.9 Å². The lowest BCUT2D eigenvalue weighted by atomic mass is 9.95. The monoisotopic (exact) mass is 540 g/mol. The van der Waals surface area contributed by atoms with Crippen molar-refractivity contribution in [1.29, 1.82) is 0 Å². The lowest BCUT2D eigenvalue weighted by Gasteiger charge is -2.23. The highest BCUT2D eigenvalue weighted by Gasteiger charge is 2.48. The van der Waals surface area contributed by atoms with Gasteiger partial charge in [0.2, 0.25) is 0 Å². The third-order valence-corrected chi connectivity index (χ3v) is 7.47. The Hall–Kier alpha value is -4.43. The minimum absolute atomic E-state index is 0.00363. The maximum absolute atomic E-state index is 13.6. The third kappa shape index (κ3) is 4.91. The molecule has 1 N–H and O–H groups in total. The molecule has 1 aliphatic rings. The molecular formula is C31H28N2O5S. The lowest BCUT2D eigenvalue weighted by Crippen LogP contribution is -2.29. The van der Waals surface area contributed by atoms with E-state index < -0.39 is 17.7 Å². The number of ketones is 1. The summed E-state index contributed by atoms with van der Waals surface area (Å²) < 4.78 is 12.0. The summed E-state index contributed by atoms with van der Waals surface area (Å²) in [5.41, 5.74) is 3.89. The third-order valence-electron chi connectivity index (χ3n) is 6.47. The minimum atomic E-state index is -0.882. The Bertz CT molecular complexity index is 1600. The van der Waals surface area contributed by atoms with Crippen LogP contribution >= 0.6 is 11.3 Å². The molecule has 39 heavy (non-hydrogen) atoms. The van der Waals surface area contributed by atoms with Crippen LogP contribution in [0.4, 0.5) is 5.13 Å². The normalized spacial score (nSPS) is 16.6. The van der Waals surface area contributed by atoms with Gasteiger partial charge in [-0.2, -0.15) is 0 Å². The van der Waals surface area contributed by atoms with Gasteiger partial charge in [0.05, 0.1) is 28.4 Å². The average Bonchev–Trinajstić information content (AvgIpc) is 3.46. The number of anilines is 1. The van der Waals surface area contributed by atoms with Gasteiger partial charge in [0.15, 0.2) is 5.13 Å². The molecule has 7 nitrogen and oxygen atoms in total. The standard InChI is InChI=1S/C31H28N2O5S/c1-5-15-38-23-11-7-20(8-12-23)27-25(28(34)21-9-13-22(14-10-21)37-6-2)29(35)30(36)33(27)31-32-26-19(4)16-18(3)17-24(26)39-31/h5,7-14,16-17,27,34H,1,6,15H2,2-4H3. The van der Waals surface area contributed by atoms with E-state index in [4.69, 9.17) is 14.5 Å². The molecule has 1 atom stereocenters. The summed E-state index contributed by atoms with van der Waals surface area (Å²) in [4.78, 5) is 33.2. The van der Waals surface area contributed by atoms with Gasteiger partial charge in [-0.3, -0.25) is 14.5 Å². The van der Waals surface area contributed by atoms with E-state index in [1.54, 1.807) is 54.6 Å². The van der Waals surface area contributed by atoms with Crippen LogP contribution in [0.15, 0.2) is 78.9 Å². The van der Waals surface area contributed by atoms with E-state index in [1.807, 2.05) is 32.9 Å². The van der Waals surface area contributed by atoms with Gasteiger partial charge in [-0.15, -0.1) is 0 Å². The van der Waals surface area contributed by atoms with Crippen LogP contribution < -0.4 is 14.4 Å². The molecule has 1 unspecified atom stereocenters. The van der Waals surface area contributed by atoms with Crippen LogP contribution in [0.25, 0.3) is 16.0 Å². The summed E-state index contributed by atoms with van der Waals surface area (Å²) in [6, 6.07) is 17.0. The molecule has 0 bridgehead atoms. The number of ether oxygens (including phenoxy) is 2. The number of thiazole rings is 1. The fourth-order valence-corrected chi connectivity index (χ4v) is 5.91. The van der Waals surface area contributed by atoms with Crippen molar-refractivity contribution in [1.82, 2.24) is 4.98 Å². The first-order chi connectivity index (χ1) is 18.8. The predicted molar refractivity (Wildman–Crippen MR) is 154 cm³/mol. The second-order valence-electron chi connectivity index (χ2n) is 9.22. The summed E-state index contributed by atoms with van der Waals surface area (Å²) in [5.74, 6) is -0.517. The molecule has 5 rings (SSSR count). The average molecular weight is 541 g/mol. The molecule has 198 valence electrons. The summed E-state index contributed by atoms with van der Waals surface area (Å²) in [6.45, 7) is 10.4. The van der Waals surface area contributed by atoms with Crippen molar-refractivity contribution in [2.45, 2.75) is 26.8 Å². The Morgan fingerprint density at radius 1 is 1.05 bits per heavy atom. The van der Waals surface area contributed by atoms with E-state index in [1.165, 1.54) is 16.2 Å². The van der Waals surface area contributed by atoms with Gasteiger partial charge >= 0.3 is 5.91 Å². The maximum Gasteiger partial charge on any atom is 0.301 e. The largest absolute Gasteiger partial charge is 0.507 e. The number of Topliss-reactive ketones (excluding diaryl/α,β-unsaturated/α-hetero) is 1. The van der Waals surface area contributed by atoms with Crippen molar-refractivity contribution in [3.63, 3.8) is 0 Å². The Labute approximate surface area is 230 Å². The van der Waals surface area contributed by atoms with E-state index in [0.29, 0.717) is 41.0 Å². The van der Waals surface area contributed by atoms with Crippen LogP contribution in [0.3, 0.4) is 0 Å². The van der Waals surface area contributed by atoms with E-state index >= 15 is 0 Å². The molecule has 1 aromatic heterocycles. The zero-order valence-corrected chi connectivity index (χ0v) is 22.7. The number of hydrogen-bond acceptors (Lipinski definition) is 7. The van der Waals surface area contributed by atoms with Crippen LogP contribution in [0, 0.1) is 13.8 Å². The van der Waals surface area contributed by atoms with Gasteiger partial charge in [0, 0.05) is 5.56 Å². The Kier molecular flexibility index (Phi) is 7.21. The fraction of sp³-hybridized carbons (Fsp3) is 0.194. The number of carbonyl (C=O) groups is 2. The fourth-order valence-electron chi connectivity index (χ4n) is 4.74. The summed E-state index contributed by atoms with van der Waals surface area (Å²) in [5, 5.41) is 11.8. The highest BCUT2D eigenvalue weighted by molar-refractivity contribution is 7.22. The van der Waals surface area contributed by atoms with Crippen LogP contribution in [0.5, 0.6) is 11.5 Å². The number of fused-ring (bicyclic) bond motifs is 1. The van der Waals surface area contributed by atoms with Crippen molar-refractivity contribution in [3.8, 4) is 11.5 Å². The number of nitrogens with zero attached hydrogens (tertiary/aromatic N) is 2. The Balaban J connectivity index is 1.66.